The topological polar surface area (TPSA) is 74.7 Å². The summed E-state index contributed by atoms with van der Waals surface area (Å²) in [5, 5.41) is 9.26. The Morgan fingerprint density at radius 2 is 1.68 bits per heavy atom. The molecule has 2 unspecified atom stereocenters. The van der Waals surface area contributed by atoms with Crippen LogP contribution in [0, 0.1) is 18.8 Å². The lowest BCUT2D eigenvalue weighted by Crippen LogP contribution is -2.32. The zero-order valence-electron chi connectivity index (χ0n) is 11.0. The minimum Gasteiger partial charge on any atom is -0.478 e. The van der Waals surface area contributed by atoms with E-state index in [1.54, 1.807) is 32.9 Å². The van der Waals surface area contributed by atoms with Crippen molar-refractivity contribution in [2.45, 2.75) is 20.8 Å². The van der Waals surface area contributed by atoms with Gasteiger partial charge >= 0.3 is 5.97 Å². The highest BCUT2D eigenvalue weighted by atomic mass is 16.4. The van der Waals surface area contributed by atoms with Crippen LogP contribution in [0.2, 0.25) is 0 Å². The number of hydrogen-bond acceptors (Lipinski definition) is 3. The van der Waals surface area contributed by atoms with E-state index in [0.717, 1.165) is 4.90 Å². The fraction of sp³-hybridized carbons (Fsp3) is 0.357. The molecule has 5 heteroatoms. The van der Waals surface area contributed by atoms with Gasteiger partial charge in [-0.25, -0.2) is 9.69 Å². The highest BCUT2D eigenvalue weighted by molar-refractivity contribution is 6.23. The van der Waals surface area contributed by atoms with Gasteiger partial charge in [-0.3, -0.25) is 9.59 Å². The Labute approximate surface area is 110 Å². The Morgan fingerprint density at radius 1 is 1.16 bits per heavy atom. The van der Waals surface area contributed by atoms with E-state index < -0.39 is 17.8 Å². The van der Waals surface area contributed by atoms with Gasteiger partial charge in [-0.1, -0.05) is 26.0 Å². The molecule has 1 saturated heterocycles. The van der Waals surface area contributed by atoms with E-state index in [9.17, 15) is 19.5 Å². The van der Waals surface area contributed by atoms with Gasteiger partial charge in [-0.05, 0) is 18.6 Å². The monoisotopic (exact) mass is 261 g/mol. The van der Waals surface area contributed by atoms with Crippen molar-refractivity contribution in [2.24, 2.45) is 11.8 Å². The van der Waals surface area contributed by atoms with Crippen LogP contribution in [-0.2, 0) is 9.59 Å². The van der Waals surface area contributed by atoms with E-state index in [1.165, 1.54) is 6.07 Å². The Bertz CT molecular complexity index is 559. The lowest BCUT2D eigenvalue weighted by atomic mass is 10.00. The molecule has 0 radical (unpaired) electrons. The van der Waals surface area contributed by atoms with Gasteiger partial charge in [-0.2, -0.15) is 0 Å². The number of benzene rings is 1. The maximum atomic E-state index is 12.1. The summed E-state index contributed by atoms with van der Waals surface area (Å²) in [5.74, 6) is -2.67. The number of hydrogen-bond donors (Lipinski definition) is 1. The van der Waals surface area contributed by atoms with E-state index in [2.05, 4.69) is 0 Å². The molecule has 2 rings (SSSR count). The van der Waals surface area contributed by atoms with Gasteiger partial charge in [0.25, 0.3) is 0 Å². The summed E-state index contributed by atoms with van der Waals surface area (Å²) in [6, 6.07) is 4.78. The molecule has 1 aromatic rings. The lowest BCUT2D eigenvalue weighted by molar-refractivity contribution is -0.122. The van der Waals surface area contributed by atoms with E-state index in [4.69, 9.17) is 0 Å². The summed E-state index contributed by atoms with van der Waals surface area (Å²) in [7, 11) is 0. The predicted molar refractivity (Wildman–Crippen MR) is 69.0 cm³/mol. The summed E-state index contributed by atoms with van der Waals surface area (Å²) >= 11 is 0. The summed E-state index contributed by atoms with van der Waals surface area (Å²) in [6.07, 6.45) is 0. The van der Waals surface area contributed by atoms with Crippen molar-refractivity contribution < 1.29 is 19.5 Å². The van der Waals surface area contributed by atoms with E-state index in [-0.39, 0.29) is 23.1 Å². The number of carboxylic acid groups (broad SMARTS) is 1. The Kier molecular flexibility index (Phi) is 3.14. The molecule has 100 valence electrons. The van der Waals surface area contributed by atoms with Crippen molar-refractivity contribution in [1.82, 2.24) is 0 Å². The third-order valence-corrected chi connectivity index (χ3v) is 3.68. The van der Waals surface area contributed by atoms with Crippen molar-refractivity contribution in [2.75, 3.05) is 4.90 Å². The highest BCUT2D eigenvalue weighted by Gasteiger charge is 2.44. The first-order valence-corrected chi connectivity index (χ1v) is 6.07. The minimum atomic E-state index is -1.14. The van der Waals surface area contributed by atoms with Crippen molar-refractivity contribution in [1.29, 1.82) is 0 Å². The summed E-state index contributed by atoms with van der Waals surface area (Å²) in [6.45, 7) is 5.01. The molecule has 2 atom stereocenters. The molecule has 1 aromatic carbocycles. The van der Waals surface area contributed by atoms with E-state index in [1.807, 2.05) is 0 Å². The smallest absolute Gasteiger partial charge is 0.338 e. The minimum absolute atomic E-state index is 0.00509. The lowest BCUT2D eigenvalue weighted by Gasteiger charge is -2.18. The van der Waals surface area contributed by atoms with Crippen LogP contribution in [0.5, 0.6) is 0 Å². The third-order valence-electron chi connectivity index (χ3n) is 3.68. The van der Waals surface area contributed by atoms with Gasteiger partial charge < -0.3 is 5.11 Å². The zero-order chi connectivity index (χ0) is 14.3. The number of anilines is 1. The average molecular weight is 261 g/mol. The number of carbonyl (C=O) groups excluding carboxylic acids is 2. The van der Waals surface area contributed by atoms with Crippen molar-refractivity contribution in [3.05, 3.63) is 29.3 Å². The molecule has 0 aliphatic carbocycles. The SMILES string of the molecule is Cc1cccc(N2C(=O)C(C)C(C)C2=O)c1C(=O)O. The number of rotatable bonds is 2. The Balaban J connectivity index is 2.60. The van der Waals surface area contributed by atoms with Crippen LogP contribution in [0.4, 0.5) is 5.69 Å². The fourth-order valence-corrected chi connectivity index (χ4v) is 2.30. The van der Waals surface area contributed by atoms with Crippen molar-refractivity contribution in [3.63, 3.8) is 0 Å². The van der Waals surface area contributed by atoms with E-state index >= 15 is 0 Å². The van der Waals surface area contributed by atoms with Crippen molar-refractivity contribution in [3.8, 4) is 0 Å². The second kappa shape index (κ2) is 4.50. The molecule has 2 amide bonds. The standard InChI is InChI=1S/C14H15NO4/c1-7-5-4-6-10(11(7)14(18)19)15-12(16)8(2)9(3)13(15)17/h4-6,8-9H,1-3H3,(H,18,19). The van der Waals surface area contributed by atoms with E-state index in [0.29, 0.717) is 5.56 Å². The van der Waals surface area contributed by atoms with Crippen LogP contribution in [-0.4, -0.2) is 22.9 Å². The van der Waals surface area contributed by atoms with Crippen LogP contribution in [0.25, 0.3) is 0 Å². The number of carboxylic acids is 1. The van der Waals surface area contributed by atoms with Gasteiger partial charge in [0.1, 0.15) is 0 Å². The highest BCUT2D eigenvalue weighted by Crippen LogP contribution is 2.33. The number of imide groups is 1. The summed E-state index contributed by atoms with van der Waals surface area (Å²) in [4.78, 5) is 36.6. The van der Waals surface area contributed by atoms with Crippen LogP contribution < -0.4 is 4.90 Å². The quantitative estimate of drug-likeness (QED) is 0.824. The molecule has 0 aromatic heterocycles. The molecule has 1 heterocycles. The number of aromatic carboxylic acids is 1. The molecule has 1 aliphatic heterocycles. The van der Waals surface area contributed by atoms with Crippen LogP contribution in [0.1, 0.15) is 29.8 Å². The molecule has 19 heavy (non-hydrogen) atoms. The van der Waals surface area contributed by atoms with Crippen molar-refractivity contribution >= 4 is 23.5 Å². The molecule has 1 N–H and O–H groups in total. The number of amides is 2. The molecule has 1 aliphatic rings. The van der Waals surface area contributed by atoms with Gasteiger partial charge in [0.05, 0.1) is 11.3 Å². The fourth-order valence-electron chi connectivity index (χ4n) is 2.30. The summed E-state index contributed by atoms with van der Waals surface area (Å²) < 4.78 is 0. The third kappa shape index (κ3) is 1.91. The normalized spacial score (nSPS) is 23.0. The summed E-state index contributed by atoms with van der Waals surface area (Å²) in [5.41, 5.74) is 0.696. The Hall–Kier alpha value is -2.17. The maximum Gasteiger partial charge on any atom is 0.338 e. The zero-order valence-corrected chi connectivity index (χ0v) is 11.0. The van der Waals surface area contributed by atoms with Gasteiger partial charge in [0.2, 0.25) is 11.8 Å². The first kappa shape index (κ1) is 13.3. The van der Waals surface area contributed by atoms with Crippen LogP contribution in [0.3, 0.4) is 0 Å². The second-order valence-electron chi connectivity index (χ2n) is 4.86. The number of aryl methyl sites for hydroxylation is 1. The molecule has 0 saturated carbocycles. The van der Waals surface area contributed by atoms with Crippen LogP contribution in [0.15, 0.2) is 18.2 Å². The molecule has 0 bridgehead atoms. The van der Waals surface area contributed by atoms with Crippen LogP contribution >= 0.6 is 0 Å². The Morgan fingerprint density at radius 3 is 2.16 bits per heavy atom. The molecular weight excluding hydrogens is 246 g/mol. The number of carbonyl (C=O) groups is 3. The molecule has 1 fully saturated rings. The first-order valence-electron chi connectivity index (χ1n) is 6.07. The maximum absolute atomic E-state index is 12.1. The molecular formula is C14H15NO4. The molecule has 5 nitrogen and oxygen atoms in total. The predicted octanol–water partition coefficient (Wildman–Crippen LogP) is 1.84. The van der Waals surface area contributed by atoms with Gasteiger partial charge in [0.15, 0.2) is 0 Å². The molecule has 0 spiro atoms. The number of nitrogens with zero attached hydrogens (tertiary/aromatic N) is 1. The van der Waals surface area contributed by atoms with Gasteiger partial charge in [0, 0.05) is 11.8 Å². The average Bonchev–Trinajstić information content (AvgIpc) is 2.53. The second-order valence-corrected chi connectivity index (χ2v) is 4.86. The largest absolute Gasteiger partial charge is 0.478 e. The van der Waals surface area contributed by atoms with Gasteiger partial charge in [-0.15, -0.1) is 0 Å². The first-order chi connectivity index (χ1) is 8.86.